The lowest BCUT2D eigenvalue weighted by molar-refractivity contribution is -0.137. The Labute approximate surface area is 209 Å². The molecule has 192 valence electrons. The summed E-state index contributed by atoms with van der Waals surface area (Å²) in [6, 6.07) is 12.4. The van der Waals surface area contributed by atoms with Crippen LogP contribution in [0.4, 0.5) is 18.9 Å². The molecule has 1 aliphatic heterocycles. The number of aryl methyl sites for hydroxylation is 1. The molecule has 3 heterocycles. The van der Waals surface area contributed by atoms with E-state index in [1.165, 1.54) is 28.6 Å². The number of pyridine rings is 1. The van der Waals surface area contributed by atoms with Gasteiger partial charge in [0.1, 0.15) is 0 Å². The molecule has 0 saturated heterocycles. The molecule has 2 aromatic carbocycles. The van der Waals surface area contributed by atoms with Crippen LogP contribution in [0.3, 0.4) is 0 Å². The minimum absolute atomic E-state index is 0.0510. The Balaban J connectivity index is 1.51. The summed E-state index contributed by atoms with van der Waals surface area (Å²) in [4.78, 5) is 18.4. The number of alkyl halides is 3. The summed E-state index contributed by atoms with van der Waals surface area (Å²) in [7, 11) is -3.99. The molecule has 0 fully saturated rings. The number of anilines is 1. The summed E-state index contributed by atoms with van der Waals surface area (Å²) in [6.45, 7) is 5.55. The van der Waals surface area contributed by atoms with E-state index in [2.05, 4.69) is 19.6 Å². The molecule has 0 amide bonds. The molecule has 0 unspecified atom stereocenters. The van der Waals surface area contributed by atoms with Crippen LogP contribution in [0.15, 0.2) is 68.8 Å². The third-order valence-corrected chi connectivity index (χ3v) is 8.07. The van der Waals surface area contributed by atoms with Gasteiger partial charge < -0.3 is 0 Å². The number of benzene rings is 2. The minimum Gasteiger partial charge on any atom is -0.296 e. The average Bonchev–Trinajstić information content (AvgIpc) is 3.39. The van der Waals surface area contributed by atoms with E-state index in [0.29, 0.717) is 33.8 Å². The lowest BCUT2D eigenvalue weighted by Crippen LogP contribution is -2.34. The first-order chi connectivity index (χ1) is 17.3. The van der Waals surface area contributed by atoms with Crippen molar-refractivity contribution in [3.05, 3.63) is 82.0 Å². The minimum atomic E-state index is -4.44. The summed E-state index contributed by atoms with van der Waals surface area (Å²) in [5, 5.41) is 3.65. The second-order valence-corrected chi connectivity index (χ2v) is 11.3. The maximum absolute atomic E-state index is 13.7. The Bertz CT molecular complexity index is 1670. The number of hydrogen-bond donors (Lipinski definition) is 1. The van der Waals surface area contributed by atoms with E-state index in [1.54, 1.807) is 25.1 Å². The lowest BCUT2D eigenvalue weighted by Gasteiger charge is -2.22. The number of nitrogens with zero attached hydrogens (tertiary/aromatic N) is 3. The number of hydrogen-bond acceptors (Lipinski definition) is 6. The lowest BCUT2D eigenvalue weighted by atomic mass is 9.91. The first-order valence-electron chi connectivity index (χ1n) is 11.2. The Hall–Kier alpha value is -3.93. The molecule has 0 aliphatic carbocycles. The van der Waals surface area contributed by atoms with E-state index in [4.69, 9.17) is 0 Å². The highest BCUT2D eigenvalue weighted by Crippen LogP contribution is 2.43. The number of halogens is 3. The Morgan fingerprint density at radius 2 is 1.76 bits per heavy atom. The number of fused-ring (bicyclic) bond motifs is 1. The van der Waals surface area contributed by atoms with Crippen LogP contribution in [-0.2, 0) is 21.6 Å². The quantitative estimate of drug-likeness (QED) is 0.402. The van der Waals surface area contributed by atoms with Gasteiger partial charge in [-0.1, -0.05) is 31.1 Å². The van der Waals surface area contributed by atoms with Crippen molar-refractivity contribution < 1.29 is 26.1 Å². The zero-order chi connectivity index (χ0) is 26.8. The Morgan fingerprint density at radius 1 is 1.05 bits per heavy atom. The fourth-order valence-corrected chi connectivity index (χ4v) is 6.13. The van der Waals surface area contributed by atoms with Crippen LogP contribution >= 0.6 is 0 Å². The first kappa shape index (κ1) is 24.8. The largest absolute Gasteiger partial charge is 0.439 e. The molecule has 12 heteroatoms. The van der Waals surface area contributed by atoms with Gasteiger partial charge >= 0.3 is 11.9 Å². The summed E-state index contributed by atoms with van der Waals surface area (Å²) in [5.41, 5.74) is 1.55. The van der Waals surface area contributed by atoms with Crippen LogP contribution in [0.2, 0.25) is 0 Å². The van der Waals surface area contributed by atoms with Gasteiger partial charge in [0.2, 0.25) is 0 Å². The van der Waals surface area contributed by atoms with Crippen molar-refractivity contribution in [1.82, 2.24) is 15.1 Å². The zero-order valence-corrected chi connectivity index (χ0v) is 20.7. The Morgan fingerprint density at radius 3 is 2.35 bits per heavy atom. The van der Waals surface area contributed by atoms with Gasteiger partial charge in [0, 0.05) is 23.1 Å². The van der Waals surface area contributed by atoms with E-state index < -0.39 is 32.9 Å². The predicted octanol–water partition coefficient (Wildman–Crippen LogP) is 4.91. The van der Waals surface area contributed by atoms with Crippen molar-refractivity contribution in [2.24, 2.45) is 0 Å². The molecule has 0 saturated carbocycles. The molecule has 0 spiro atoms. The molecular weight excluding hydrogens is 509 g/mol. The van der Waals surface area contributed by atoms with Crippen molar-refractivity contribution in [1.29, 1.82) is 0 Å². The topological polar surface area (TPSA) is 109 Å². The number of aromatic amines is 1. The molecule has 0 atom stereocenters. The summed E-state index contributed by atoms with van der Waals surface area (Å²) >= 11 is 0. The molecule has 5 rings (SSSR count). The van der Waals surface area contributed by atoms with Crippen LogP contribution in [0.5, 0.6) is 0 Å². The zero-order valence-electron chi connectivity index (χ0n) is 19.9. The maximum atomic E-state index is 13.7. The summed E-state index contributed by atoms with van der Waals surface area (Å²) in [5.74, 6) is -0.524. The van der Waals surface area contributed by atoms with Crippen LogP contribution in [0, 0.1) is 6.92 Å². The molecular formula is C25H21F3N4O4S. The molecule has 0 bridgehead atoms. The fourth-order valence-electron chi connectivity index (χ4n) is 4.41. The monoisotopic (exact) mass is 530 g/mol. The number of nitrogens with one attached hydrogen (secondary N) is 1. The van der Waals surface area contributed by atoms with Crippen molar-refractivity contribution in [2.75, 3.05) is 10.8 Å². The second kappa shape index (κ2) is 8.30. The second-order valence-electron chi connectivity index (χ2n) is 9.46. The SMILES string of the molecule is Cc1cc(S(=O)(=O)N2CC(C)(C)c3nc(-c4ccc(C(F)(F)F)cc4)ccc32)ccc1-c1noc(=O)[nH]1. The third kappa shape index (κ3) is 4.31. The van der Waals surface area contributed by atoms with Crippen molar-refractivity contribution in [3.8, 4) is 22.6 Å². The molecule has 37 heavy (non-hydrogen) atoms. The van der Waals surface area contributed by atoms with Crippen molar-refractivity contribution in [2.45, 2.75) is 37.3 Å². The highest BCUT2D eigenvalue weighted by Gasteiger charge is 2.43. The highest BCUT2D eigenvalue weighted by atomic mass is 32.2. The molecule has 2 aromatic heterocycles. The van der Waals surface area contributed by atoms with Crippen molar-refractivity contribution in [3.63, 3.8) is 0 Å². The summed E-state index contributed by atoms with van der Waals surface area (Å²) in [6.07, 6.45) is -4.44. The third-order valence-electron chi connectivity index (χ3n) is 6.31. The van der Waals surface area contributed by atoms with Crippen LogP contribution in [-0.4, -0.2) is 30.1 Å². The van der Waals surface area contributed by atoms with E-state index in [1.807, 2.05) is 13.8 Å². The normalized spacial score (nSPS) is 15.1. The van der Waals surface area contributed by atoms with Gasteiger partial charge in [-0.15, -0.1) is 0 Å². The van der Waals surface area contributed by atoms with E-state index in [9.17, 15) is 26.4 Å². The predicted molar refractivity (Wildman–Crippen MR) is 130 cm³/mol. The summed E-state index contributed by atoms with van der Waals surface area (Å²) < 4.78 is 72.0. The van der Waals surface area contributed by atoms with Crippen molar-refractivity contribution >= 4 is 15.7 Å². The van der Waals surface area contributed by atoms with Crippen LogP contribution in [0.25, 0.3) is 22.6 Å². The van der Waals surface area contributed by atoms with Gasteiger partial charge in [-0.2, -0.15) is 13.2 Å². The van der Waals surface area contributed by atoms with Gasteiger partial charge in [0.05, 0.1) is 27.5 Å². The van der Waals surface area contributed by atoms with Crippen LogP contribution in [0.1, 0.15) is 30.7 Å². The highest BCUT2D eigenvalue weighted by molar-refractivity contribution is 7.92. The molecule has 8 nitrogen and oxygen atoms in total. The molecule has 1 N–H and O–H groups in total. The maximum Gasteiger partial charge on any atom is 0.439 e. The number of sulfonamides is 1. The fraction of sp³-hybridized carbons (Fsp3) is 0.240. The number of aromatic nitrogens is 3. The first-order valence-corrected chi connectivity index (χ1v) is 12.6. The Kier molecular flexibility index (Phi) is 5.55. The average molecular weight is 531 g/mol. The van der Waals surface area contributed by atoms with Gasteiger partial charge in [0.15, 0.2) is 5.82 Å². The number of rotatable bonds is 4. The number of H-pyrrole nitrogens is 1. The molecule has 4 aromatic rings. The van der Waals surface area contributed by atoms with Gasteiger partial charge in [0.25, 0.3) is 10.0 Å². The molecule has 1 aliphatic rings. The molecule has 0 radical (unpaired) electrons. The standard InChI is InChI=1S/C25H21F3N4O4S/c1-14-12-17(8-9-18(14)22-30-23(33)36-31-22)37(34,35)32-13-24(2,3)21-20(32)11-10-19(29-21)15-4-6-16(7-5-15)25(26,27)28/h4-12H,13H2,1-3H3,(H,30,31,33). The van der Waals surface area contributed by atoms with Gasteiger partial charge in [-0.05, 0) is 55.0 Å². The van der Waals surface area contributed by atoms with Gasteiger partial charge in [-0.3, -0.25) is 13.8 Å². The van der Waals surface area contributed by atoms with Crippen LogP contribution < -0.4 is 10.1 Å². The van der Waals surface area contributed by atoms with E-state index in [-0.39, 0.29) is 17.3 Å². The van der Waals surface area contributed by atoms with E-state index in [0.717, 1.165) is 12.1 Å². The van der Waals surface area contributed by atoms with E-state index >= 15 is 0 Å². The van der Waals surface area contributed by atoms with Gasteiger partial charge in [-0.25, -0.2) is 18.2 Å². The smallest absolute Gasteiger partial charge is 0.296 e.